The molecule has 5 nitrogen and oxygen atoms in total. The van der Waals surface area contributed by atoms with Crippen LogP contribution in [0.25, 0.3) is 0 Å². The van der Waals surface area contributed by atoms with Crippen molar-refractivity contribution in [3.05, 3.63) is 34.9 Å². The lowest BCUT2D eigenvalue weighted by molar-refractivity contribution is -0.152. The molecular formula is C21H29NO4. The molecule has 0 radical (unpaired) electrons. The van der Waals surface area contributed by atoms with Gasteiger partial charge in [0.05, 0.1) is 25.1 Å². The summed E-state index contributed by atoms with van der Waals surface area (Å²) in [6.07, 6.45) is 2.64. The third-order valence-corrected chi connectivity index (χ3v) is 5.87. The zero-order chi connectivity index (χ0) is 18.8. The molecule has 0 spiro atoms. The van der Waals surface area contributed by atoms with Crippen LogP contribution in [0.2, 0.25) is 0 Å². The third-order valence-electron chi connectivity index (χ3n) is 5.87. The van der Waals surface area contributed by atoms with Gasteiger partial charge in [-0.2, -0.15) is 0 Å². The fourth-order valence-corrected chi connectivity index (χ4v) is 4.23. The Morgan fingerprint density at radius 2 is 1.92 bits per heavy atom. The molecule has 2 fully saturated rings. The molecule has 1 aromatic carbocycles. The van der Waals surface area contributed by atoms with E-state index < -0.39 is 5.97 Å². The van der Waals surface area contributed by atoms with Crippen molar-refractivity contribution in [2.45, 2.75) is 58.6 Å². The van der Waals surface area contributed by atoms with E-state index in [0.29, 0.717) is 26.0 Å². The standard InChI is InChI=1S/C21H29NO4/c1-13-7-8-14(2)18(9-13)19-11-22(15(3)12-26-19)20(23)16-5-4-6-17(10-16)21(24)25/h7-9,15-17,19H,4-6,10-12H2,1-3H3,(H,24,25). The fourth-order valence-electron chi connectivity index (χ4n) is 4.23. The van der Waals surface area contributed by atoms with Crippen LogP contribution in [0.15, 0.2) is 18.2 Å². The van der Waals surface area contributed by atoms with Crippen molar-refractivity contribution in [2.24, 2.45) is 11.8 Å². The Morgan fingerprint density at radius 1 is 1.19 bits per heavy atom. The third kappa shape index (κ3) is 3.93. The Bertz CT molecular complexity index is 687. The second-order valence-electron chi connectivity index (χ2n) is 7.92. The average Bonchev–Trinajstić information content (AvgIpc) is 2.64. The fraction of sp³-hybridized carbons (Fsp3) is 0.619. The van der Waals surface area contributed by atoms with E-state index >= 15 is 0 Å². The maximum atomic E-state index is 13.1. The summed E-state index contributed by atoms with van der Waals surface area (Å²) in [5.41, 5.74) is 3.50. The molecule has 142 valence electrons. The molecule has 1 aliphatic carbocycles. The lowest BCUT2D eigenvalue weighted by Gasteiger charge is -2.41. The highest BCUT2D eigenvalue weighted by molar-refractivity contribution is 5.80. The molecule has 26 heavy (non-hydrogen) atoms. The molecular weight excluding hydrogens is 330 g/mol. The molecule has 1 aromatic rings. The van der Waals surface area contributed by atoms with Crippen LogP contribution in [-0.4, -0.2) is 41.1 Å². The predicted molar refractivity (Wildman–Crippen MR) is 98.9 cm³/mol. The number of rotatable bonds is 3. The first-order valence-corrected chi connectivity index (χ1v) is 9.59. The summed E-state index contributed by atoms with van der Waals surface area (Å²) in [7, 11) is 0. The van der Waals surface area contributed by atoms with E-state index in [9.17, 15) is 14.7 Å². The Kier molecular flexibility index (Phi) is 5.66. The summed E-state index contributed by atoms with van der Waals surface area (Å²) in [5, 5.41) is 9.30. The smallest absolute Gasteiger partial charge is 0.306 e. The Morgan fingerprint density at radius 3 is 2.65 bits per heavy atom. The van der Waals surface area contributed by atoms with E-state index in [2.05, 4.69) is 32.0 Å². The molecule has 1 amide bonds. The predicted octanol–water partition coefficient (Wildman–Crippen LogP) is 3.48. The number of amides is 1. The van der Waals surface area contributed by atoms with Crippen LogP contribution < -0.4 is 0 Å². The zero-order valence-electron chi connectivity index (χ0n) is 15.9. The molecule has 3 rings (SSSR count). The number of aryl methyl sites for hydroxylation is 2. The quantitative estimate of drug-likeness (QED) is 0.897. The molecule has 1 saturated carbocycles. The van der Waals surface area contributed by atoms with E-state index in [1.807, 2.05) is 11.8 Å². The van der Waals surface area contributed by atoms with Gasteiger partial charge < -0.3 is 14.7 Å². The van der Waals surface area contributed by atoms with E-state index in [4.69, 9.17) is 4.74 Å². The van der Waals surface area contributed by atoms with Gasteiger partial charge in [-0.3, -0.25) is 9.59 Å². The first-order valence-electron chi connectivity index (χ1n) is 9.59. The van der Waals surface area contributed by atoms with Crippen molar-refractivity contribution in [2.75, 3.05) is 13.2 Å². The number of carboxylic acids is 1. The minimum Gasteiger partial charge on any atom is -0.481 e. The molecule has 1 N–H and O–H groups in total. The van der Waals surface area contributed by atoms with Gasteiger partial charge in [-0.15, -0.1) is 0 Å². The van der Waals surface area contributed by atoms with Crippen LogP contribution in [0.5, 0.6) is 0 Å². The average molecular weight is 359 g/mol. The molecule has 0 bridgehead atoms. The van der Waals surface area contributed by atoms with Gasteiger partial charge in [-0.05, 0) is 51.2 Å². The molecule has 2 aliphatic rings. The number of carbonyl (C=O) groups excluding carboxylic acids is 1. The molecule has 1 saturated heterocycles. The highest BCUT2D eigenvalue weighted by Crippen LogP contribution is 2.34. The lowest BCUT2D eigenvalue weighted by atomic mass is 9.80. The molecule has 4 atom stereocenters. The summed E-state index contributed by atoms with van der Waals surface area (Å²) >= 11 is 0. The number of nitrogens with zero attached hydrogens (tertiary/aromatic N) is 1. The monoisotopic (exact) mass is 359 g/mol. The minimum atomic E-state index is -0.772. The maximum absolute atomic E-state index is 13.1. The zero-order valence-corrected chi connectivity index (χ0v) is 15.9. The van der Waals surface area contributed by atoms with Crippen molar-refractivity contribution in [1.82, 2.24) is 4.90 Å². The molecule has 1 heterocycles. The van der Waals surface area contributed by atoms with Crippen LogP contribution in [0, 0.1) is 25.7 Å². The number of carboxylic acid groups (broad SMARTS) is 1. The van der Waals surface area contributed by atoms with E-state index in [-0.39, 0.29) is 29.9 Å². The maximum Gasteiger partial charge on any atom is 0.306 e. The molecule has 4 unspecified atom stereocenters. The topological polar surface area (TPSA) is 66.8 Å². The summed E-state index contributed by atoms with van der Waals surface area (Å²) in [4.78, 5) is 26.4. The normalized spacial score (nSPS) is 29.4. The number of benzene rings is 1. The number of ether oxygens (including phenoxy) is 1. The summed E-state index contributed by atoms with van der Waals surface area (Å²) in [5.74, 6) is -1.23. The highest BCUT2D eigenvalue weighted by atomic mass is 16.5. The first-order chi connectivity index (χ1) is 12.4. The summed E-state index contributed by atoms with van der Waals surface area (Å²) < 4.78 is 6.05. The van der Waals surface area contributed by atoms with Gasteiger partial charge in [0, 0.05) is 5.92 Å². The van der Waals surface area contributed by atoms with Gasteiger partial charge in [-0.25, -0.2) is 0 Å². The molecule has 0 aromatic heterocycles. The van der Waals surface area contributed by atoms with Gasteiger partial charge in [0.2, 0.25) is 5.91 Å². The van der Waals surface area contributed by atoms with Gasteiger partial charge in [0.1, 0.15) is 6.10 Å². The minimum absolute atomic E-state index is 0.0223. The second kappa shape index (κ2) is 7.78. The number of aliphatic carboxylic acids is 1. The number of morpholine rings is 1. The van der Waals surface area contributed by atoms with Gasteiger partial charge in [0.15, 0.2) is 0 Å². The van der Waals surface area contributed by atoms with Gasteiger partial charge in [0.25, 0.3) is 0 Å². The van der Waals surface area contributed by atoms with Crippen molar-refractivity contribution in [3.63, 3.8) is 0 Å². The van der Waals surface area contributed by atoms with E-state index in [1.54, 1.807) is 0 Å². The van der Waals surface area contributed by atoms with Gasteiger partial charge in [-0.1, -0.05) is 30.2 Å². The van der Waals surface area contributed by atoms with Crippen molar-refractivity contribution in [1.29, 1.82) is 0 Å². The molecule has 5 heteroatoms. The van der Waals surface area contributed by atoms with Gasteiger partial charge >= 0.3 is 5.97 Å². The largest absolute Gasteiger partial charge is 0.481 e. The number of hydrogen-bond donors (Lipinski definition) is 1. The second-order valence-corrected chi connectivity index (χ2v) is 7.92. The Labute approximate surface area is 155 Å². The van der Waals surface area contributed by atoms with Crippen LogP contribution in [0.3, 0.4) is 0 Å². The molecule has 1 aliphatic heterocycles. The van der Waals surface area contributed by atoms with Crippen LogP contribution in [-0.2, 0) is 14.3 Å². The van der Waals surface area contributed by atoms with Crippen molar-refractivity contribution >= 4 is 11.9 Å². The SMILES string of the molecule is Cc1ccc(C)c(C2CN(C(=O)C3CCCC(C(=O)O)C3)C(C)CO2)c1. The van der Waals surface area contributed by atoms with Crippen molar-refractivity contribution in [3.8, 4) is 0 Å². The van der Waals surface area contributed by atoms with Crippen LogP contribution in [0.1, 0.15) is 55.4 Å². The van der Waals surface area contributed by atoms with E-state index in [1.165, 1.54) is 11.1 Å². The van der Waals surface area contributed by atoms with Crippen LogP contribution in [0.4, 0.5) is 0 Å². The number of hydrogen-bond acceptors (Lipinski definition) is 3. The highest BCUT2D eigenvalue weighted by Gasteiger charge is 2.37. The Hall–Kier alpha value is -1.88. The first kappa shape index (κ1) is 18.9. The lowest BCUT2D eigenvalue weighted by Crippen LogP contribution is -2.51. The summed E-state index contributed by atoms with van der Waals surface area (Å²) in [6.45, 7) is 7.19. The van der Waals surface area contributed by atoms with Crippen molar-refractivity contribution < 1.29 is 19.4 Å². The Balaban J connectivity index is 1.75. The van der Waals surface area contributed by atoms with Crippen LogP contribution >= 0.6 is 0 Å². The summed E-state index contributed by atoms with van der Waals surface area (Å²) in [6, 6.07) is 6.34. The van der Waals surface area contributed by atoms with E-state index in [0.717, 1.165) is 18.4 Å². The number of carbonyl (C=O) groups is 2.